The van der Waals surface area contributed by atoms with Gasteiger partial charge in [-0.05, 0) is 36.7 Å². The van der Waals surface area contributed by atoms with Crippen LogP contribution in [0.1, 0.15) is 17.5 Å². The number of rotatable bonds is 2. The Labute approximate surface area is 150 Å². The highest BCUT2D eigenvalue weighted by atomic mass is 32.2. The van der Waals surface area contributed by atoms with Gasteiger partial charge in [0, 0.05) is 18.0 Å². The fraction of sp³-hybridized carbons (Fsp3) is 0.333. The SMILES string of the molecule is CN1CCC2=C(C1)SC1N=CN(/N=C/c3ccc(C#N)cc3)C(=O)C21. The van der Waals surface area contributed by atoms with Crippen LogP contribution in [-0.2, 0) is 4.79 Å². The number of carbonyl (C=O) groups is 1. The molecule has 6 nitrogen and oxygen atoms in total. The number of hydrazone groups is 1. The van der Waals surface area contributed by atoms with Crippen molar-refractivity contribution in [3.8, 4) is 6.07 Å². The Balaban J connectivity index is 1.53. The minimum Gasteiger partial charge on any atom is -0.301 e. The number of nitriles is 1. The molecular weight excluding hydrogens is 334 g/mol. The van der Waals surface area contributed by atoms with Gasteiger partial charge in [-0.15, -0.1) is 11.8 Å². The van der Waals surface area contributed by atoms with Gasteiger partial charge in [0.1, 0.15) is 11.7 Å². The zero-order valence-electron chi connectivity index (χ0n) is 13.8. The Bertz CT molecular complexity index is 836. The summed E-state index contributed by atoms with van der Waals surface area (Å²) < 4.78 is 0. The third-order valence-electron chi connectivity index (χ3n) is 4.64. The van der Waals surface area contributed by atoms with Gasteiger partial charge in [-0.25, -0.2) is 0 Å². The Morgan fingerprint density at radius 3 is 2.96 bits per heavy atom. The first-order valence-corrected chi connectivity index (χ1v) is 9.01. The average molecular weight is 351 g/mol. The summed E-state index contributed by atoms with van der Waals surface area (Å²) in [7, 11) is 2.10. The molecule has 126 valence electrons. The number of likely N-dealkylation sites (N-methyl/N-ethyl adjacent to an activating group) is 1. The first kappa shape index (κ1) is 16.1. The number of nitrogens with zero attached hydrogens (tertiary/aromatic N) is 5. The number of hydrogen-bond acceptors (Lipinski definition) is 6. The summed E-state index contributed by atoms with van der Waals surface area (Å²) in [5, 5.41) is 14.4. The molecule has 2 unspecified atom stereocenters. The molecule has 0 aliphatic carbocycles. The van der Waals surface area contributed by atoms with E-state index in [1.807, 2.05) is 0 Å². The van der Waals surface area contributed by atoms with Gasteiger partial charge in [-0.2, -0.15) is 15.4 Å². The largest absolute Gasteiger partial charge is 0.301 e. The number of carbonyl (C=O) groups excluding carboxylic acids is 1. The second-order valence-electron chi connectivity index (χ2n) is 6.35. The van der Waals surface area contributed by atoms with Crippen LogP contribution in [0.25, 0.3) is 0 Å². The monoisotopic (exact) mass is 351 g/mol. The lowest BCUT2D eigenvalue weighted by atomic mass is 9.92. The molecule has 0 radical (unpaired) electrons. The zero-order valence-corrected chi connectivity index (χ0v) is 14.6. The third kappa shape index (κ3) is 2.99. The van der Waals surface area contributed by atoms with Crippen molar-refractivity contribution in [3.05, 3.63) is 45.9 Å². The van der Waals surface area contributed by atoms with Gasteiger partial charge in [0.2, 0.25) is 0 Å². The van der Waals surface area contributed by atoms with E-state index >= 15 is 0 Å². The van der Waals surface area contributed by atoms with Gasteiger partial charge in [0.05, 0.1) is 23.8 Å². The van der Waals surface area contributed by atoms with Crippen molar-refractivity contribution in [1.82, 2.24) is 9.91 Å². The van der Waals surface area contributed by atoms with Crippen LogP contribution < -0.4 is 0 Å². The highest BCUT2D eigenvalue weighted by molar-refractivity contribution is 8.04. The molecule has 0 aromatic heterocycles. The van der Waals surface area contributed by atoms with E-state index in [-0.39, 0.29) is 17.2 Å². The Morgan fingerprint density at radius 2 is 2.20 bits per heavy atom. The van der Waals surface area contributed by atoms with E-state index in [0.29, 0.717) is 5.56 Å². The van der Waals surface area contributed by atoms with Gasteiger partial charge in [-0.1, -0.05) is 12.1 Å². The van der Waals surface area contributed by atoms with Crippen LogP contribution in [0.3, 0.4) is 0 Å². The molecule has 4 rings (SSSR count). The van der Waals surface area contributed by atoms with Gasteiger partial charge in [-0.3, -0.25) is 9.79 Å². The van der Waals surface area contributed by atoms with E-state index in [0.717, 1.165) is 25.1 Å². The molecular formula is C18H17N5OS. The topological polar surface area (TPSA) is 72.1 Å². The lowest BCUT2D eigenvalue weighted by Gasteiger charge is -2.28. The maximum atomic E-state index is 12.9. The maximum absolute atomic E-state index is 12.9. The van der Waals surface area contributed by atoms with Crippen LogP contribution >= 0.6 is 11.8 Å². The van der Waals surface area contributed by atoms with E-state index in [4.69, 9.17) is 5.26 Å². The van der Waals surface area contributed by atoms with Gasteiger partial charge < -0.3 is 4.90 Å². The number of amides is 1. The molecule has 1 aromatic rings. The van der Waals surface area contributed by atoms with E-state index in [9.17, 15) is 4.79 Å². The van der Waals surface area contributed by atoms with Crippen LogP contribution in [0.2, 0.25) is 0 Å². The summed E-state index contributed by atoms with van der Waals surface area (Å²) in [5.41, 5.74) is 2.68. The van der Waals surface area contributed by atoms with Crippen LogP contribution in [0.5, 0.6) is 0 Å². The molecule has 7 heteroatoms. The summed E-state index contributed by atoms with van der Waals surface area (Å²) >= 11 is 1.72. The van der Waals surface area contributed by atoms with E-state index in [2.05, 4.69) is 28.1 Å². The Hall–Kier alpha value is -2.43. The van der Waals surface area contributed by atoms with Crippen molar-refractivity contribution in [2.75, 3.05) is 20.1 Å². The number of benzene rings is 1. The van der Waals surface area contributed by atoms with E-state index in [1.54, 1.807) is 42.2 Å². The van der Waals surface area contributed by atoms with Gasteiger partial charge in [0.15, 0.2) is 0 Å². The Morgan fingerprint density at radius 1 is 1.40 bits per heavy atom. The molecule has 0 bridgehead atoms. The molecule has 0 spiro atoms. The number of hydrogen-bond donors (Lipinski definition) is 0. The minimum absolute atomic E-state index is 0.00746. The van der Waals surface area contributed by atoms with Crippen molar-refractivity contribution < 1.29 is 4.79 Å². The molecule has 3 aliphatic heterocycles. The molecule has 1 amide bonds. The quantitative estimate of drug-likeness (QED) is 0.765. The Kier molecular flexibility index (Phi) is 4.15. The molecule has 0 fully saturated rings. The molecule has 0 N–H and O–H groups in total. The fourth-order valence-corrected chi connectivity index (χ4v) is 4.78. The normalized spacial score (nSPS) is 26.1. The minimum atomic E-state index is -0.184. The summed E-state index contributed by atoms with van der Waals surface area (Å²) in [6, 6.07) is 9.15. The molecule has 0 saturated heterocycles. The first-order chi connectivity index (χ1) is 12.2. The predicted molar refractivity (Wildman–Crippen MR) is 98.1 cm³/mol. The van der Waals surface area contributed by atoms with Crippen LogP contribution in [0.15, 0.2) is 44.8 Å². The zero-order chi connectivity index (χ0) is 17.4. The smallest absolute Gasteiger partial charge is 0.258 e. The van der Waals surface area contributed by atoms with Crippen molar-refractivity contribution in [3.63, 3.8) is 0 Å². The highest BCUT2D eigenvalue weighted by Crippen LogP contribution is 2.47. The summed E-state index contributed by atoms with van der Waals surface area (Å²) in [5.74, 6) is -0.191. The van der Waals surface area contributed by atoms with Crippen LogP contribution in [0, 0.1) is 17.2 Å². The maximum Gasteiger partial charge on any atom is 0.258 e. The molecule has 0 saturated carbocycles. The van der Waals surface area contributed by atoms with Gasteiger partial charge in [0.25, 0.3) is 5.91 Å². The van der Waals surface area contributed by atoms with Gasteiger partial charge >= 0.3 is 0 Å². The lowest BCUT2D eigenvalue weighted by Crippen LogP contribution is -2.40. The number of aliphatic imine (C=N–C) groups is 1. The number of fused-ring (bicyclic) bond motifs is 2. The second kappa shape index (κ2) is 6.47. The molecule has 1 aromatic carbocycles. The van der Waals surface area contributed by atoms with E-state index in [1.165, 1.54) is 21.8 Å². The van der Waals surface area contributed by atoms with Crippen molar-refractivity contribution in [2.45, 2.75) is 11.8 Å². The fourth-order valence-electron chi connectivity index (χ4n) is 3.28. The van der Waals surface area contributed by atoms with Crippen LogP contribution in [0.4, 0.5) is 0 Å². The molecule has 3 aliphatic rings. The first-order valence-electron chi connectivity index (χ1n) is 8.13. The van der Waals surface area contributed by atoms with Crippen LogP contribution in [-0.4, -0.2) is 53.9 Å². The van der Waals surface area contributed by atoms with Crippen molar-refractivity contribution in [2.24, 2.45) is 16.0 Å². The lowest BCUT2D eigenvalue weighted by molar-refractivity contribution is -0.130. The third-order valence-corrected chi connectivity index (χ3v) is 5.96. The predicted octanol–water partition coefficient (Wildman–Crippen LogP) is 2.04. The molecule has 2 atom stereocenters. The van der Waals surface area contributed by atoms with Crippen molar-refractivity contribution >= 4 is 30.2 Å². The standard InChI is InChI=1S/C18H17N5OS/c1-22-7-6-14-15(10-22)25-17-16(14)18(24)23(11-20-17)21-9-13-4-2-12(8-19)3-5-13/h2-5,9,11,16-17H,6-7,10H2,1H3/b21-9+. The number of thioether (sulfide) groups is 1. The summed E-state index contributed by atoms with van der Waals surface area (Å²) in [4.78, 5) is 21.0. The average Bonchev–Trinajstić information content (AvgIpc) is 2.99. The molecule has 25 heavy (non-hydrogen) atoms. The summed E-state index contributed by atoms with van der Waals surface area (Å²) in [6.45, 7) is 1.89. The van der Waals surface area contributed by atoms with E-state index < -0.39 is 0 Å². The second-order valence-corrected chi connectivity index (χ2v) is 7.56. The summed E-state index contributed by atoms with van der Waals surface area (Å²) in [6.07, 6.45) is 4.07. The van der Waals surface area contributed by atoms with Crippen molar-refractivity contribution in [1.29, 1.82) is 5.26 Å². The molecule has 3 heterocycles. The highest BCUT2D eigenvalue weighted by Gasteiger charge is 2.45.